The molecule has 3 heteroatoms. The van der Waals surface area contributed by atoms with Gasteiger partial charge in [-0.2, -0.15) is 0 Å². The van der Waals surface area contributed by atoms with Crippen molar-refractivity contribution in [1.29, 1.82) is 0 Å². The number of alkyl halides is 1. The van der Waals surface area contributed by atoms with Crippen molar-refractivity contribution in [1.82, 2.24) is 0 Å². The maximum absolute atomic E-state index is 3.85. The Hall–Kier alpha value is -0.120. The van der Waals surface area contributed by atoms with Crippen LogP contribution in [0.4, 0.5) is 0 Å². The lowest BCUT2D eigenvalue weighted by atomic mass is 9.81. The van der Waals surface area contributed by atoms with Crippen LogP contribution in [0.5, 0.6) is 0 Å². The summed E-state index contributed by atoms with van der Waals surface area (Å²) in [6.45, 7) is 4.54. The smallest absolute Gasteiger partial charge is 0.0591 e. The fourth-order valence-electron chi connectivity index (χ4n) is 1.83. The Bertz CT molecular complexity index is 488. The Morgan fingerprint density at radius 1 is 1.12 bits per heavy atom. The van der Waals surface area contributed by atoms with Crippen molar-refractivity contribution in [2.45, 2.75) is 24.1 Å². The lowest BCUT2D eigenvalue weighted by molar-refractivity contribution is 0.521. The van der Waals surface area contributed by atoms with Gasteiger partial charge >= 0.3 is 0 Å². The minimum absolute atomic E-state index is 0.0641. The van der Waals surface area contributed by atoms with Crippen LogP contribution in [0.2, 0.25) is 0 Å². The van der Waals surface area contributed by atoms with Crippen LogP contribution in [-0.4, -0.2) is 0 Å². The summed E-state index contributed by atoms with van der Waals surface area (Å²) in [5.74, 6) is 0. The fourth-order valence-corrected chi connectivity index (χ4v) is 4.73. The third-order valence-electron chi connectivity index (χ3n) is 3.03. The summed E-state index contributed by atoms with van der Waals surface area (Å²) in [7, 11) is 0. The van der Waals surface area contributed by atoms with Gasteiger partial charge in [-0.05, 0) is 32.9 Å². The molecule has 90 valence electrons. The number of rotatable bonds is 3. The van der Waals surface area contributed by atoms with E-state index in [1.54, 1.807) is 11.3 Å². The SMILES string of the molecule is CC(C)(c1ccccc1)C(Br)c1sccc1Br. The highest BCUT2D eigenvalue weighted by Gasteiger charge is 2.32. The zero-order valence-electron chi connectivity index (χ0n) is 9.78. The molecule has 1 unspecified atom stereocenters. The molecule has 0 aliphatic heterocycles. The number of hydrogen-bond donors (Lipinski definition) is 0. The van der Waals surface area contributed by atoms with Crippen molar-refractivity contribution in [3.63, 3.8) is 0 Å². The van der Waals surface area contributed by atoms with E-state index in [1.807, 2.05) is 0 Å². The molecular formula is C14H14Br2S. The second-order valence-electron chi connectivity index (χ2n) is 4.58. The molecule has 0 radical (unpaired) electrons. The normalized spacial score (nSPS) is 13.6. The first-order valence-electron chi connectivity index (χ1n) is 5.46. The van der Waals surface area contributed by atoms with E-state index >= 15 is 0 Å². The first-order chi connectivity index (χ1) is 8.03. The van der Waals surface area contributed by atoms with Crippen LogP contribution in [0.25, 0.3) is 0 Å². The van der Waals surface area contributed by atoms with Gasteiger partial charge in [0.15, 0.2) is 0 Å². The monoisotopic (exact) mass is 372 g/mol. The lowest BCUT2D eigenvalue weighted by Crippen LogP contribution is -2.22. The van der Waals surface area contributed by atoms with Crippen molar-refractivity contribution in [3.05, 3.63) is 56.7 Å². The van der Waals surface area contributed by atoms with Crippen molar-refractivity contribution in [3.8, 4) is 0 Å². The molecule has 0 aliphatic rings. The zero-order valence-corrected chi connectivity index (χ0v) is 13.8. The standard InChI is InChI=1S/C14H14Br2S/c1-14(2,10-6-4-3-5-7-10)13(16)12-11(15)8-9-17-12/h3-9,13H,1-2H3. The van der Waals surface area contributed by atoms with Gasteiger partial charge in [0.1, 0.15) is 0 Å². The topological polar surface area (TPSA) is 0 Å². The van der Waals surface area contributed by atoms with E-state index in [0.29, 0.717) is 4.83 Å². The molecule has 1 heterocycles. The van der Waals surface area contributed by atoms with E-state index in [1.165, 1.54) is 14.9 Å². The molecule has 0 nitrogen and oxygen atoms in total. The summed E-state index contributed by atoms with van der Waals surface area (Å²) in [5, 5.41) is 2.12. The second kappa shape index (κ2) is 5.25. The van der Waals surface area contributed by atoms with Gasteiger partial charge in [0.2, 0.25) is 0 Å². The van der Waals surface area contributed by atoms with Crippen molar-refractivity contribution < 1.29 is 0 Å². The molecule has 17 heavy (non-hydrogen) atoms. The number of thiophene rings is 1. The molecule has 2 rings (SSSR count). The van der Waals surface area contributed by atoms with Crippen molar-refractivity contribution >= 4 is 43.2 Å². The minimum Gasteiger partial charge on any atom is -0.146 e. The van der Waals surface area contributed by atoms with Crippen LogP contribution in [-0.2, 0) is 5.41 Å². The summed E-state index contributed by atoms with van der Waals surface area (Å²) in [6.07, 6.45) is 0. The number of halogens is 2. The molecular weight excluding hydrogens is 360 g/mol. The lowest BCUT2D eigenvalue weighted by Gasteiger charge is -2.30. The fraction of sp³-hybridized carbons (Fsp3) is 0.286. The van der Waals surface area contributed by atoms with Gasteiger partial charge in [-0.15, -0.1) is 11.3 Å². The van der Waals surface area contributed by atoms with Crippen LogP contribution < -0.4 is 0 Å². The maximum atomic E-state index is 3.85. The molecule has 0 bridgehead atoms. The summed E-state index contributed by atoms with van der Waals surface area (Å²) in [4.78, 5) is 1.66. The Kier molecular flexibility index (Phi) is 4.11. The summed E-state index contributed by atoms with van der Waals surface area (Å²) >= 11 is 9.25. The van der Waals surface area contributed by atoms with E-state index in [4.69, 9.17) is 0 Å². The average Bonchev–Trinajstić information content (AvgIpc) is 2.75. The first kappa shape index (κ1) is 13.3. The van der Waals surface area contributed by atoms with Gasteiger partial charge in [0.05, 0.1) is 4.83 Å². The third-order valence-corrected chi connectivity index (χ3v) is 6.87. The molecule has 0 saturated carbocycles. The molecule has 0 N–H and O–H groups in total. The van der Waals surface area contributed by atoms with Gasteiger partial charge in [-0.3, -0.25) is 0 Å². The summed E-state index contributed by atoms with van der Waals surface area (Å²) in [6, 6.07) is 12.7. The summed E-state index contributed by atoms with van der Waals surface area (Å²) < 4.78 is 1.19. The Morgan fingerprint density at radius 2 is 1.76 bits per heavy atom. The molecule has 1 aromatic heterocycles. The van der Waals surface area contributed by atoms with E-state index in [-0.39, 0.29) is 5.41 Å². The van der Waals surface area contributed by atoms with E-state index in [0.717, 1.165) is 0 Å². The quantitative estimate of drug-likeness (QED) is 0.585. The molecule has 1 aromatic carbocycles. The number of benzene rings is 1. The van der Waals surface area contributed by atoms with E-state index in [2.05, 4.69) is 87.5 Å². The summed E-state index contributed by atoms with van der Waals surface area (Å²) in [5.41, 5.74) is 1.41. The van der Waals surface area contributed by atoms with Crippen LogP contribution >= 0.6 is 43.2 Å². The van der Waals surface area contributed by atoms with Crippen LogP contribution in [0, 0.1) is 0 Å². The number of hydrogen-bond acceptors (Lipinski definition) is 1. The van der Waals surface area contributed by atoms with E-state index < -0.39 is 0 Å². The zero-order chi connectivity index (χ0) is 12.5. The minimum atomic E-state index is 0.0641. The molecule has 1 atom stereocenters. The van der Waals surface area contributed by atoms with Crippen LogP contribution in [0.15, 0.2) is 46.3 Å². The third kappa shape index (κ3) is 2.67. The molecule has 0 spiro atoms. The molecule has 0 saturated heterocycles. The van der Waals surface area contributed by atoms with Gasteiger partial charge in [0.25, 0.3) is 0 Å². The second-order valence-corrected chi connectivity index (χ2v) is 7.30. The Labute approximate surface area is 123 Å². The maximum Gasteiger partial charge on any atom is 0.0591 e. The molecule has 0 fully saturated rings. The average molecular weight is 374 g/mol. The van der Waals surface area contributed by atoms with Crippen molar-refractivity contribution in [2.24, 2.45) is 0 Å². The molecule has 0 amide bonds. The van der Waals surface area contributed by atoms with Gasteiger partial charge in [-0.1, -0.05) is 60.1 Å². The molecule has 2 aromatic rings. The van der Waals surface area contributed by atoms with Gasteiger partial charge < -0.3 is 0 Å². The Morgan fingerprint density at radius 3 is 2.29 bits per heavy atom. The van der Waals surface area contributed by atoms with Gasteiger partial charge in [-0.25, -0.2) is 0 Å². The van der Waals surface area contributed by atoms with E-state index in [9.17, 15) is 0 Å². The highest BCUT2D eigenvalue weighted by Crippen LogP contribution is 2.47. The first-order valence-corrected chi connectivity index (χ1v) is 8.05. The largest absolute Gasteiger partial charge is 0.146 e. The van der Waals surface area contributed by atoms with Crippen molar-refractivity contribution in [2.75, 3.05) is 0 Å². The van der Waals surface area contributed by atoms with Gasteiger partial charge in [0, 0.05) is 14.8 Å². The van der Waals surface area contributed by atoms with Crippen LogP contribution in [0.1, 0.15) is 29.1 Å². The molecule has 0 aliphatic carbocycles. The highest BCUT2D eigenvalue weighted by molar-refractivity contribution is 9.11. The highest BCUT2D eigenvalue weighted by atomic mass is 79.9. The van der Waals surface area contributed by atoms with Crippen LogP contribution in [0.3, 0.4) is 0 Å². The predicted octanol–water partition coefficient (Wildman–Crippen LogP) is 5.92. The Balaban J connectivity index is 2.37. The predicted molar refractivity (Wildman–Crippen MR) is 83.2 cm³/mol.